The van der Waals surface area contributed by atoms with Crippen molar-refractivity contribution in [1.82, 2.24) is 14.5 Å². The van der Waals surface area contributed by atoms with Gasteiger partial charge in [-0.3, -0.25) is 0 Å². The first-order valence-electron chi connectivity index (χ1n) is 7.79. The summed E-state index contributed by atoms with van der Waals surface area (Å²) in [6.07, 6.45) is 1.57. The summed E-state index contributed by atoms with van der Waals surface area (Å²) in [6, 6.07) is 8.19. The van der Waals surface area contributed by atoms with Crippen molar-refractivity contribution in [1.29, 1.82) is 0 Å². The van der Waals surface area contributed by atoms with Crippen LogP contribution in [0.2, 0.25) is 0 Å². The van der Waals surface area contributed by atoms with E-state index < -0.39 is 10.0 Å². The van der Waals surface area contributed by atoms with E-state index in [0.717, 1.165) is 12.8 Å². The number of nitrogens with zero attached hydrogens (tertiary/aromatic N) is 2. The fourth-order valence-corrected chi connectivity index (χ4v) is 4.24. The lowest BCUT2D eigenvalue weighted by molar-refractivity contribution is 0.0807. The molecule has 2 amide bonds. The number of ether oxygens (including phenoxy) is 1. The fourth-order valence-electron chi connectivity index (χ4n) is 2.79. The van der Waals surface area contributed by atoms with Crippen molar-refractivity contribution in [3.8, 4) is 0 Å². The maximum absolute atomic E-state index is 12.5. The highest BCUT2D eigenvalue weighted by atomic mass is 32.2. The lowest BCUT2D eigenvalue weighted by Crippen LogP contribution is -2.54. The summed E-state index contributed by atoms with van der Waals surface area (Å²) in [7, 11) is -3.48. The van der Waals surface area contributed by atoms with Crippen LogP contribution in [-0.2, 0) is 14.8 Å². The summed E-state index contributed by atoms with van der Waals surface area (Å²) in [6.45, 7) is 2.04. The average Bonchev–Trinajstić information content (AvgIpc) is 3.09. The molecule has 2 fully saturated rings. The molecule has 0 saturated carbocycles. The second-order valence-corrected chi connectivity index (χ2v) is 7.59. The van der Waals surface area contributed by atoms with E-state index in [-0.39, 0.29) is 17.2 Å². The van der Waals surface area contributed by atoms with Crippen molar-refractivity contribution in [2.24, 2.45) is 0 Å². The van der Waals surface area contributed by atoms with Gasteiger partial charge in [-0.15, -0.1) is 0 Å². The minimum absolute atomic E-state index is 0.186. The zero-order chi connectivity index (χ0) is 16.3. The van der Waals surface area contributed by atoms with Crippen molar-refractivity contribution >= 4 is 16.1 Å². The standard InChI is InChI=1S/C15H21N3O4S/c19-15(16-14-7-4-12-22-14)17-8-10-18(11-9-17)23(20,21)13-5-2-1-3-6-13/h1-3,5-6,14H,4,7-12H2,(H,16,19). The third-order valence-electron chi connectivity index (χ3n) is 4.12. The van der Waals surface area contributed by atoms with Crippen molar-refractivity contribution in [2.75, 3.05) is 32.8 Å². The van der Waals surface area contributed by atoms with Gasteiger partial charge < -0.3 is 15.0 Å². The Morgan fingerprint density at radius 2 is 1.83 bits per heavy atom. The molecule has 2 heterocycles. The van der Waals surface area contributed by atoms with E-state index in [0.29, 0.717) is 32.8 Å². The summed E-state index contributed by atoms with van der Waals surface area (Å²) in [5.74, 6) is 0. The maximum Gasteiger partial charge on any atom is 0.319 e. The molecule has 126 valence electrons. The molecule has 1 aromatic carbocycles. The summed E-state index contributed by atoms with van der Waals surface area (Å²) in [4.78, 5) is 14.1. The average molecular weight is 339 g/mol. The molecule has 8 heteroatoms. The predicted molar refractivity (Wildman–Crippen MR) is 84.3 cm³/mol. The van der Waals surface area contributed by atoms with Gasteiger partial charge >= 0.3 is 6.03 Å². The molecule has 1 aromatic rings. The molecule has 1 unspecified atom stereocenters. The number of hydrogen-bond donors (Lipinski definition) is 1. The smallest absolute Gasteiger partial charge is 0.319 e. The maximum atomic E-state index is 12.5. The Labute approximate surface area is 136 Å². The molecule has 2 saturated heterocycles. The van der Waals surface area contributed by atoms with Gasteiger partial charge in [0, 0.05) is 32.8 Å². The Bertz CT molecular complexity index is 636. The third kappa shape index (κ3) is 3.65. The number of amides is 2. The van der Waals surface area contributed by atoms with Crippen LogP contribution in [0.3, 0.4) is 0 Å². The Morgan fingerprint density at radius 3 is 2.43 bits per heavy atom. The van der Waals surface area contributed by atoms with Crippen LogP contribution in [0, 0.1) is 0 Å². The van der Waals surface area contributed by atoms with Crippen molar-refractivity contribution in [3.05, 3.63) is 30.3 Å². The Kier molecular flexibility index (Phi) is 4.84. The molecular weight excluding hydrogens is 318 g/mol. The lowest BCUT2D eigenvalue weighted by Gasteiger charge is -2.34. The van der Waals surface area contributed by atoms with E-state index in [1.54, 1.807) is 35.2 Å². The number of benzene rings is 1. The van der Waals surface area contributed by atoms with Gasteiger partial charge in [0.1, 0.15) is 6.23 Å². The molecular formula is C15H21N3O4S. The van der Waals surface area contributed by atoms with E-state index in [4.69, 9.17) is 4.74 Å². The van der Waals surface area contributed by atoms with E-state index in [9.17, 15) is 13.2 Å². The molecule has 1 atom stereocenters. The minimum Gasteiger partial charge on any atom is -0.358 e. The van der Waals surface area contributed by atoms with Crippen LogP contribution in [0.15, 0.2) is 35.2 Å². The second kappa shape index (κ2) is 6.86. The highest BCUT2D eigenvalue weighted by Crippen LogP contribution is 2.17. The number of urea groups is 1. The fraction of sp³-hybridized carbons (Fsp3) is 0.533. The summed E-state index contributed by atoms with van der Waals surface area (Å²) >= 11 is 0. The molecule has 0 bridgehead atoms. The van der Waals surface area contributed by atoms with Crippen LogP contribution >= 0.6 is 0 Å². The molecule has 23 heavy (non-hydrogen) atoms. The summed E-state index contributed by atoms with van der Waals surface area (Å²) in [5.41, 5.74) is 0. The monoisotopic (exact) mass is 339 g/mol. The first-order chi connectivity index (χ1) is 11.1. The number of carbonyl (C=O) groups excluding carboxylic acids is 1. The molecule has 7 nitrogen and oxygen atoms in total. The third-order valence-corrected chi connectivity index (χ3v) is 6.03. The van der Waals surface area contributed by atoms with Crippen molar-refractivity contribution in [3.63, 3.8) is 0 Å². The van der Waals surface area contributed by atoms with Gasteiger partial charge in [0.2, 0.25) is 10.0 Å². The molecule has 0 aromatic heterocycles. The van der Waals surface area contributed by atoms with E-state index in [1.165, 1.54) is 4.31 Å². The van der Waals surface area contributed by atoms with Crippen LogP contribution in [0.25, 0.3) is 0 Å². The Balaban J connectivity index is 1.56. The number of hydrogen-bond acceptors (Lipinski definition) is 4. The summed E-state index contributed by atoms with van der Waals surface area (Å²) in [5, 5.41) is 2.83. The van der Waals surface area contributed by atoms with Crippen LogP contribution < -0.4 is 5.32 Å². The SMILES string of the molecule is O=C(NC1CCCO1)N1CCN(S(=O)(=O)c2ccccc2)CC1. The predicted octanol–water partition coefficient (Wildman–Crippen LogP) is 0.839. The molecule has 2 aliphatic heterocycles. The zero-order valence-electron chi connectivity index (χ0n) is 12.8. The van der Waals surface area contributed by atoms with Gasteiger partial charge in [0.25, 0.3) is 0 Å². The first kappa shape index (κ1) is 16.2. The molecule has 2 aliphatic rings. The molecule has 0 aliphatic carbocycles. The van der Waals surface area contributed by atoms with Gasteiger partial charge in [-0.1, -0.05) is 18.2 Å². The highest BCUT2D eigenvalue weighted by Gasteiger charge is 2.30. The topological polar surface area (TPSA) is 79.0 Å². The Morgan fingerprint density at radius 1 is 1.13 bits per heavy atom. The van der Waals surface area contributed by atoms with Gasteiger partial charge in [-0.05, 0) is 25.0 Å². The van der Waals surface area contributed by atoms with E-state index in [1.807, 2.05) is 0 Å². The normalized spacial score (nSPS) is 23.0. The van der Waals surface area contributed by atoms with E-state index >= 15 is 0 Å². The molecule has 3 rings (SSSR count). The molecule has 0 spiro atoms. The van der Waals surface area contributed by atoms with Gasteiger partial charge in [0.05, 0.1) is 4.90 Å². The van der Waals surface area contributed by atoms with Crippen molar-refractivity contribution < 1.29 is 17.9 Å². The summed E-state index contributed by atoms with van der Waals surface area (Å²) < 4.78 is 31.9. The van der Waals surface area contributed by atoms with Gasteiger partial charge in [0.15, 0.2) is 0 Å². The van der Waals surface area contributed by atoms with Crippen molar-refractivity contribution in [2.45, 2.75) is 24.0 Å². The zero-order valence-corrected chi connectivity index (χ0v) is 13.7. The number of nitrogens with one attached hydrogen (secondary N) is 1. The quantitative estimate of drug-likeness (QED) is 0.885. The van der Waals surface area contributed by atoms with Crippen LogP contribution in [-0.4, -0.2) is 62.7 Å². The largest absolute Gasteiger partial charge is 0.358 e. The minimum atomic E-state index is -3.48. The lowest BCUT2D eigenvalue weighted by atomic mass is 10.3. The van der Waals surface area contributed by atoms with Gasteiger partial charge in [-0.25, -0.2) is 13.2 Å². The first-order valence-corrected chi connectivity index (χ1v) is 9.23. The van der Waals surface area contributed by atoms with Crippen LogP contribution in [0.5, 0.6) is 0 Å². The number of sulfonamides is 1. The number of piperazine rings is 1. The number of carbonyl (C=O) groups is 1. The molecule has 0 radical (unpaired) electrons. The second-order valence-electron chi connectivity index (χ2n) is 5.66. The highest BCUT2D eigenvalue weighted by molar-refractivity contribution is 7.89. The number of rotatable bonds is 3. The van der Waals surface area contributed by atoms with Crippen LogP contribution in [0.1, 0.15) is 12.8 Å². The Hall–Kier alpha value is -1.64. The molecule has 1 N–H and O–H groups in total. The van der Waals surface area contributed by atoms with Crippen LogP contribution in [0.4, 0.5) is 4.79 Å². The van der Waals surface area contributed by atoms with E-state index in [2.05, 4.69) is 5.32 Å². The van der Waals surface area contributed by atoms with Gasteiger partial charge in [-0.2, -0.15) is 4.31 Å².